The molecule has 0 spiro atoms. The number of hydrogen-bond acceptors (Lipinski definition) is 0. The maximum atomic E-state index is 2.30. The van der Waals surface area contributed by atoms with Gasteiger partial charge in [0.1, 0.15) is 17.3 Å². The lowest BCUT2D eigenvalue weighted by Gasteiger charge is -2.04. The molecule has 0 atom stereocenters. The van der Waals surface area contributed by atoms with Gasteiger partial charge in [0.15, 0.2) is 0 Å². The van der Waals surface area contributed by atoms with E-state index >= 15 is 0 Å². The van der Waals surface area contributed by atoms with E-state index in [9.17, 15) is 0 Å². The highest BCUT2D eigenvalue weighted by Crippen LogP contribution is 2.17. The van der Waals surface area contributed by atoms with Crippen LogP contribution in [0, 0.1) is 0 Å². The molecule has 1 heteroatoms. The van der Waals surface area contributed by atoms with Crippen LogP contribution in [0.2, 0.25) is 0 Å². The van der Waals surface area contributed by atoms with Gasteiger partial charge in [0, 0.05) is 0 Å². The van der Waals surface area contributed by atoms with E-state index < -0.39 is 0 Å². The van der Waals surface area contributed by atoms with Crippen molar-refractivity contribution < 1.29 is 0 Å². The Balaban J connectivity index is 1.64. The van der Waals surface area contributed by atoms with Crippen molar-refractivity contribution in [1.29, 1.82) is 0 Å². The Bertz CT molecular complexity index is 220. The number of hydrogen-bond donors (Lipinski definition) is 0. The summed E-state index contributed by atoms with van der Waals surface area (Å²) < 4.78 is 0. The molecule has 1 fully saturated rings. The monoisotopic (exact) mass is 341 g/mol. The van der Waals surface area contributed by atoms with E-state index in [0.717, 1.165) is 10.9 Å². The van der Waals surface area contributed by atoms with Crippen molar-refractivity contribution in [2.45, 2.75) is 122 Å². The lowest BCUT2D eigenvalue weighted by atomic mass is 10.0. The Morgan fingerprint density at radius 1 is 0.478 bits per heavy atom. The van der Waals surface area contributed by atoms with Crippen molar-refractivity contribution in [1.82, 2.24) is 0 Å². The van der Waals surface area contributed by atoms with E-state index in [1.165, 1.54) is 116 Å². The molecule has 1 saturated heterocycles. The summed E-state index contributed by atoms with van der Waals surface area (Å²) in [5.41, 5.74) is 0. The zero-order valence-corrected chi connectivity index (χ0v) is 17.1. The Kier molecular flexibility index (Phi) is 16.0. The topological polar surface area (TPSA) is 0 Å². The van der Waals surface area contributed by atoms with Gasteiger partial charge in [-0.3, -0.25) is 0 Å². The molecule has 1 aliphatic heterocycles. The second-order valence-corrected chi connectivity index (χ2v) is 10.2. The summed E-state index contributed by atoms with van der Waals surface area (Å²) in [6.45, 7) is 2.30. The van der Waals surface area contributed by atoms with Crippen molar-refractivity contribution in [3.05, 3.63) is 0 Å². The molecule has 0 aromatic heterocycles. The largest absolute Gasteiger partial charge is 0.108 e. The van der Waals surface area contributed by atoms with Crippen LogP contribution in [0.5, 0.6) is 0 Å². The van der Waals surface area contributed by atoms with Crippen molar-refractivity contribution in [3.63, 3.8) is 0 Å². The lowest BCUT2D eigenvalue weighted by molar-refractivity contribution is 0.531. The molecular formula is C22H45S+. The quantitative estimate of drug-likeness (QED) is 0.188. The molecule has 138 valence electrons. The van der Waals surface area contributed by atoms with Gasteiger partial charge < -0.3 is 0 Å². The summed E-state index contributed by atoms with van der Waals surface area (Å²) in [4.78, 5) is 0. The normalized spacial score (nSPS) is 15.5. The Labute approximate surface area is 150 Å². The van der Waals surface area contributed by atoms with Crippen LogP contribution in [0.15, 0.2) is 0 Å². The fourth-order valence-corrected chi connectivity index (χ4v) is 6.22. The van der Waals surface area contributed by atoms with E-state index in [2.05, 4.69) is 6.92 Å². The summed E-state index contributed by atoms with van der Waals surface area (Å²) in [7, 11) is 0.855. The molecule has 0 saturated carbocycles. The summed E-state index contributed by atoms with van der Waals surface area (Å²) in [5, 5.41) is 0. The van der Waals surface area contributed by atoms with Crippen LogP contribution >= 0.6 is 0 Å². The predicted octanol–water partition coefficient (Wildman–Crippen LogP) is 7.66. The third-order valence-corrected chi connectivity index (χ3v) is 8.00. The van der Waals surface area contributed by atoms with Crippen LogP contribution < -0.4 is 0 Å². The fourth-order valence-electron chi connectivity index (χ4n) is 3.77. The molecule has 0 unspecified atom stereocenters. The van der Waals surface area contributed by atoms with Gasteiger partial charge in [-0.1, -0.05) is 96.8 Å². The van der Waals surface area contributed by atoms with Gasteiger partial charge in [-0.05, 0) is 36.6 Å². The first-order valence-electron chi connectivity index (χ1n) is 11.1. The van der Waals surface area contributed by atoms with Gasteiger partial charge in [-0.25, -0.2) is 0 Å². The van der Waals surface area contributed by atoms with E-state index in [1.807, 2.05) is 0 Å². The van der Waals surface area contributed by atoms with Gasteiger partial charge in [-0.2, -0.15) is 0 Å². The van der Waals surface area contributed by atoms with Gasteiger partial charge in [0.05, 0.1) is 0 Å². The molecule has 1 aliphatic rings. The Morgan fingerprint density at radius 2 is 0.826 bits per heavy atom. The molecule has 0 radical (unpaired) electrons. The number of rotatable bonds is 17. The third-order valence-electron chi connectivity index (χ3n) is 5.40. The minimum atomic E-state index is 0.855. The van der Waals surface area contributed by atoms with Crippen molar-refractivity contribution in [2.24, 2.45) is 0 Å². The SMILES string of the molecule is CCCCCCCCCCCCCCCCCC[S+]1CCCC1. The molecule has 0 aromatic rings. The molecule has 23 heavy (non-hydrogen) atoms. The smallest absolute Gasteiger partial charge is 0.0654 e. The van der Waals surface area contributed by atoms with Crippen molar-refractivity contribution >= 4 is 10.9 Å². The first-order valence-corrected chi connectivity index (χ1v) is 12.8. The van der Waals surface area contributed by atoms with Gasteiger partial charge in [0.2, 0.25) is 0 Å². The molecule has 0 amide bonds. The second kappa shape index (κ2) is 17.2. The van der Waals surface area contributed by atoms with Crippen LogP contribution in [0.3, 0.4) is 0 Å². The highest BCUT2D eigenvalue weighted by molar-refractivity contribution is 7.97. The van der Waals surface area contributed by atoms with E-state index in [0.29, 0.717) is 0 Å². The standard InChI is InChI=1S/C22H45S/c1-2-3-4-5-6-7-8-9-10-11-12-13-14-15-16-17-20-23-21-18-19-22-23/h2-22H2,1H3/q+1. The van der Waals surface area contributed by atoms with Crippen LogP contribution in [0.25, 0.3) is 0 Å². The van der Waals surface area contributed by atoms with Crippen LogP contribution in [0.1, 0.15) is 122 Å². The molecule has 0 nitrogen and oxygen atoms in total. The molecule has 1 rings (SSSR count). The van der Waals surface area contributed by atoms with E-state index in [4.69, 9.17) is 0 Å². The second-order valence-electron chi connectivity index (χ2n) is 7.74. The van der Waals surface area contributed by atoms with Crippen molar-refractivity contribution in [2.75, 3.05) is 17.3 Å². The van der Waals surface area contributed by atoms with Gasteiger partial charge in [0.25, 0.3) is 0 Å². The van der Waals surface area contributed by atoms with E-state index in [-0.39, 0.29) is 0 Å². The molecule has 1 heterocycles. The van der Waals surface area contributed by atoms with E-state index in [1.54, 1.807) is 17.3 Å². The average Bonchev–Trinajstić information content (AvgIpc) is 3.08. The molecule has 0 N–H and O–H groups in total. The molecule has 0 bridgehead atoms. The lowest BCUT2D eigenvalue weighted by Crippen LogP contribution is -2.08. The van der Waals surface area contributed by atoms with Gasteiger partial charge >= 0.3 is 0 Å². The van der Waals surface area contributed by atoms with Gasteiger partial charge in [-0.15, -0.1) is 0 Å². The first-order chi connectivity index (χ1) is 11.4. The number of unbranched alkanes of at least 4 members (excludes halogenated alkanes) is 15. The van der Waals surface area contributed by atoms with Crippen LogP contribution in [0.4, 0.5) is 0 Å². The highest BCUT2D eigenvalue weighted by Gasteiger charge is 2.22. The summed E-state index contributed by atoms with van der Waals surface area (Å²) >= 11 is 0. The maximum Gasteiger partial charge on any atom is 0.108 e. The minimum absolute atomic E-state index is 0.855. The Hall–Kier alpha value is 0.350. The summed E-state index contributed by atoms with van der Waals surface area (Å²) in [5.74, 6) is 4.70. The zero-order chi connectivity index (χ0) is 16.4. The third kappa shape index (κ3) is 14.4. The molecule has 0 aliphatic carbocycles. The van der Waals surface area contributed by atoms with Crippen LogP contribution in [-0.4, -0.2) is 17.3 Å². The first kappa shape index (κ1) is 21.4. The highest BCUT2D eigenvalue weighted by atomic mass is 32.2. The van der Waals surface area contributed by atoms with Crippen LogP contribution in [-0.2, 0) is 10.9 Å². The fraction of sp³-hybridized carbons (Fsp3) is 1.00. The molecule has 0 aromatic carbocycles. The average molecular weight is 342 g/mol. The Morgan fingerprint density at radius 3 is 1.22 bits per heavy atom. The summed E-state index contributed by atoms with van der Waals surface area (Å²) in [6, 6.07) is 0. The summed E-state index contributed by atoms with van der Waals surface area (Å²) in [6.07, 6.45) is 26.9. The zero-order valence-electron chi connectivity index (χ0n) is 16.3. The van der Waals surface area contributed by atoms with Crippen molar-refractivity contribution in [3.8, 4) is 0 Å². The predicted molar refractivity (Wildman–Crippen MR) is 111 cm³/mol. The minimum Gasteiger partial charge on any atom is -0.0654 e. The maximum absolute atomic E-state index is 2.30. The molecular weight excluding hydrogens is 296 g/mol.